The summed E-state index contributed by atoms with van der Waals surface area (Å²) in [5, 5.41) is 4.97. The van der Waals surface area contributed by atoms with Gasteiger partial charge in [0.15, 0.2) is 0 Å². The van der Waals surface area contributed by atoms with Gasteiger partial charge in [-0.05, 0) is 114 Å². The molecular formula is C53H39N. The second-order valence-electron chi connectivity index (χ2n) is 15.0. The lowest BCUT2D eigenvalue weighted by Crippen LogP contribution is -2.17. The lowest BCUT2D eigenvalue weighted by atomic mass is 9.81. The topological polar surface area (TPSA) is 3.24 Å². The number of anilines is 3. The first-order valence-corrected chi connectivity index (χ1v) is 18.8. The fourth-order valence-corrected chi connectivity index (χ4v) is 8.64. The van der Waals surface area contributed by atoms with Crippen LogP contribution >= 0.6 is 0 Å². The van der Waals surface area contributed by atoms with Crippen molar-refractivity contribution in [1.82, 2.24) is 0 Å². The van der Waals surface area contributed by atoms with Crippen LogP contribution in [0.4, 0.5) is 17.1 Å². The SMILES string of the molecule is CC1(C)c2cc(N(c3ccc(-c4ccccc4)cc3)c3cc4ccccc4cc3-c3ccccc3)ccc2-c2c(-c3ccc4ccccc4c3)cccc21. The van der Waals surface area contributed by atoms with Crippen LogP contribution in [0.3, 0.4) is 0 Å². The van der Waals surface area contributed by atoms with Gasteiger partial charge in [-0.15, -0.1) is 0 Å². The molecule has 0 aliphatic heterocycles. The van der Waals surface area contributed by atoms with Crippen molar-refractivity contribution < 1.29 is 0 Å². The van der Waals surface area contributed by atoms with E-state index in [-0.39, 0.29) is 5.41 Å². The molecule has 0 fully saturated rings. The minimum absolute atomic E-state index is 0.192. The van der Waals surface area contributed by atoms with Gasteiger partial charge < -0.3 is 4.90 Å². The van der Waals surface area contributed by atoms with E-state index in [1.54, 1.807) is 0 Å². The third-order valence-electron chi connectivity index (χ3n) is 11.4. The van der Waals surface area contributed by atoms with Crippen LogP contribution in [-0.2, 0) is 5.41 Å². The van der Waals surface area contributed by atoms with Crippen molar-refractivity contribution in [3.05, 3.63) is 211 Å². The Balaban J connectivity index is 1.18. The van der Waals surface area contributed by atoms with Crippen LogP contribution in [0.25, 0.3) is 66.1 Å². The van der Waals surface area contributed by atoms with E-state index in [9.17, 15) is 0 Å². The molecule has 0 aromatic heterocycles. The van der Waals surface area contributed by atoms with Crippen LogP contribution in [0.15, 0.2) is 200 Å². The third-order valence-corrected chi connectivity index (χ3v) is 11.4. The van der Waals surface area contributed by atoms with Crippen LogP contribution in [-0.4, -0.2) is 0 Å². The number of benzene rings is 9. The zero-order valence-corrected chi connectivity index (χ0v) is 30.5. The largest absolute Gasteiger partial charge is 0.310 e. The zero-order chi connectivity index (χ0) is 36.2. The van der Waals surface area contributed by atoms with Gasteiger partial charge in [0, 0.05) is 22.4 Å². The maximum atomic E-state index is 2.47. The molecule has 1 heteroatoms. The monoisotopic (exact) mass is 689 g/mol. The van der Waals surface area contributed by atoms with Crippen molar-refractivity contribution in [1.29, 1.82) is 0 Å². The van der Waals surface area contributed by atoms with Crippen molar-refractivity contribution in [2.24, 2.45) is 0 Å². The van der Waals surface area contributed by atoms with Gasteiger partial charge >= 0.3 is 0 Å². The van der Waals surface area contributed by atoms with Gasteiger partial charge in [0.25, 0.3) is 0 Å². The van der Waals surface area contributed by atoms with Gasteiger partial charge in [-0.2, -0.15) is 0 Å². The molecule has 0 atom stereocenters. The van der Waals surface area contributed by atoms with E-state index in [1.807, 2.05) is 0 Å². The second kappa shape index (κ2) is 12.8. The average Bonchev–Trinajstić information content (AvgIpc) is 3.47. The summed E-state index contributed by atoms with van der Waals surface area (Å²) in [7, 11) is 0. The minimum Gasteiger partial charge on any atom is -0.310 e. The molecule has 0 bridgehead atoms. The van der Waals surface area contributed by atoms with Gasteiger partial charge in [0.2, 0.25) is 0 Å². The van der Waals surface area contributed by atoms with E-state index < -0.39 is 0 Å². The van der Waals surface area contributed by atoms with Gasteiger partial charge in [0.05, 0.1) is 5.69 Å². The molecule has 1 aliphatic carbocycles. The quantitative estimate of drug-likeness (QED) is 0.168. The summed E-state index contributed by atoms with van der Waals surface area (Å²) in [6, 6.07) is 73.5. The summed E-state index contributed by atoms with van der Waals surface area (Å²) in [6.07, 6.45) is 0. The summed E-state index contributed by atoms with van der Waals surface area (Å²) < 4.78 is 0. The highest BCUT2D eigenvalue weighted by Gasteiger charge is 2.37. The average molecular weight is 690 g/mol. The van der Waals surface area contributed by atoms with Gasteiger partial charge in [-0.25, -0.2) is 0 Å². The van der Waals surface area contributed by atoms with E-state index in [4.69, 9.17) is 0 Å². The van der Waals surface area contributed by atoms with Gasteiger partial charge in [0.1, 0.15) is 0 Å². The second-order valence-corrected chi connectivity index (χ2v) is 15.0. The normalized spacial score (nSPS) is 12.8. The summed E-state index contributed by atoms with van der Waals surface area (Å²) >= 11 is 0. The highest BCUT2D eigenvalue weighted by Crippen LogP contribution is 2.54. The Morgan fingerprint density at radius 3 is 1.63 bits per heavy atom. The summed E-state index contributed by atoms with van der Waals surface area (Å²) in [4.78, 5) is 2.47. The molecule has 10 rings (SSSR count). The van der Waals surface area contributed by atoms with E-state index in [0.29, 0.717) is 0 Å². The summed E-state index contributed by atoms with van der Waals surface area (Å²) in [5.41, 5.74) is 15.9. The van der Waals surface area contributed by atoms with Crippen molar-refractivity contribution >= 4 is 38.6 Å². The Morgan fingerprint density at radius 1 is 0.333 bits per heavy atom. The first-order valence-electron chi connectivity index (χ1n) is 18.8. The predicted molar refractivity (Wildman–Crippen MR) is 230 cm³/mol. The maximum absolute atomic E-state index is 2.47. The van der Waals surface area contributed by atoms with Gasteiger partial charge in [-0.3, -0.25) is 0 Å². The fraction of sp³-hybridized carbons (Fsp3) is 0.0566. The molecule has 0 radical (unpaired) electrons. The van der Waals surface area contributed by atoms with Crippen LogP contribution in [0.2, 0.25) is 0 Å². The smallest absolute Gasteiger partial charge is 0.0546 e. The van der Waals surface area contributed by atoms with Crippen LogP contribution in [0.1, 0.15) is 25.0 Å². The molecule has 0 heterocycles. The molecule has 0 saturated carbocycles. The maximum Gasteiger partial charge on any atom is 0.0546 e. The molecule has 0 spiro atoms. The van der Waals surface area contributed by atoms with Crippen molar-refractivity contribution in [2.45, 2.75) is 19.3 Å². The summed E-state index contributed by atoms with van der Waals surface area (Å²) in [5.74, 6) is 0. The Hall–Kier alpha value is -6.70. The number of fused-ring (bicyclic) bond motifs is 5. The number of nitrogens with zero attached hydrogens (tertiary/aromatic N) is 1. The van der Waals surface area contributed by atoms with E-state index in [1.165, 1.54) is 77.2 Å². The number of hydrogen-bond acceptors (Lipinski definition) is 1. The Bertz CT molecular complexity index is 2830. The lowest BCUT2D eigenvalue weighted by Gasteiger charge is -2.30. The Labute approximate surface area is 317 Å². The number of hydrogen-bond donors (Lipinski definition) is 0. The molecule has 1 nitrogen and oxygen atoms in total. The number of rotatable bonds is 6. The van der Waals surface area contributed by atoms with Crippen molar-refractivity contribution in [2.75, 3.05) is 4.90 Å². The predicted octanol–water partition coefficient (Wildman–Crippen LogP) is 14.8. The summed E-state index contributed by atoms with van der Waals surface area (Å²) in [6.45, 7) is 4.77. The van der Waals surface area contributed by atoms with Gasteiger partial charge in [-0.1, -0.05) is 172 Å². The molecule has 0 unspecified atom stereocenters. The molecule has 256 valence electrons. The molecule has 0 N–H and O–H groups in total. The minimum atomic E-state index is -0.192. The third kappa shape index (κ3) is 5.32. The van der Waals surface area contributed by atoms with Crippen molar-refractivity contribution in [3.8, 4) is 44.5 Å². The standard InChI is InChI=1S/C53H39N/c1-53(2)49-23-13-22-46(43-25-24-37-16-9-10-19-40(37)32-43)52(49)47-31-30-45(35-50(47)53)54(44-28-26-38(27-29-44)36-14-5-3-6-15-36)51-34-42-21-12-11-20-41(42)33-48(51)39-17-7-4-8-18-39/h3-35H,1-2H3. The molecule has 9 aromatic carbocycles. The van der Waals surface area contributed by atoms with E-state index in [2.05, 4.69) is 219 Å². The molecule has 9 aromatic rings. The Morgan fingerprint density at radius 2 is 0.907 bits per heavy atom. The van der Waals surface area contributed by atoms with Crippen LogP contribution in [0, 0.1) is 0 Å². The van der Waals surface area contributed by atoms with Crippen LogP contribution < -0.4 is 4.90 Å². The van der Waals surface area contributed by atoms with E-state index in [0.717, 1.165) is 17.1 Å². The molecule has 54 heavy (non-hydrogen) atoms. The highest BCUT2D eigenvalue weighted by atomic mass is 15.1. The lowest BCUT2D eigenvalue weighted by molar-refractivity contribution is 0.660. The van der Waals surface area contributed by atoms with Crippen LogP contribution in [0.5, 0.6) is 0 Å². The van der Waals surface area contributed by atoms with E-state index >= 15 is 0 Å². The molecule has 1 aliphatic rings. The first-order chi connectivity index (χ1) is 26.5. The fourth-order valence-electron chi connectivity index (χ4n) is 8.64. The molecular weight excluding hydrogens is 651 g/mol. The first kappa shape index (κ1) is 32.0. The zero-order valence-electron chi connectivity index (χ0n) is 30.5. The van der Waals surface area contributed by atoms with Crippen molar-refractivity contribution in [3.63, 3.8) is 0 Å². The molecule has 0 saturated heterocycles. The Kier molecular flexibility index (Phi) is 7.56. The molecule has 0 amide bonds. The highest BCUT2D eigenvalue weighted by molar-refractivity contribution is 6.00.